The van der Waals surface area contributed by atoms with Gasteiger partial charge >= 0.3 is 0 Å². The first kappa shape index (κ1) is 13.1. The Morgan fingerprint density at radius 1 is 1.40 bits per heavy atom. The number of benzene rings is 1. The number of aromatic nitrogens is 4. The summed E-state index contributed by atoms with van der Waals surface area (Å²) in [7, 11) is 1.62. The van der Waals surface area contributed by atoms with E-state index in [0.29, 0.717) is 17.5 Å². The van der Waals surface area contributed by atoms with Gasteiger partial charge in [0.15, 0.2) is 4.34 Å². The van der Waals surface area contributed by atoms with Crippen molar-refractivity contribution >= 4 is 23.1 Å². The van der Waals surface area contributed by atoms with Crippen molar-refractivity contribution in [2.45, 2.75) is 10.1 Å². The number of thioether (sulfide) groups is 1. The Balaban J connectivity index is 1.72. The molecule has 0 saturated heterocycles. The Hall–Kier alpha value is -1.93. The Kier molecular flexibility index (Phi) is 3.93. The van der Waals surface area contributed by atoms with Crippen LogP contribution >= 0.6 is 23.1 Å². The van der Waals surface area contributed by atoms with Gasteiger partial charge in [0, 0.05) is 5.56 Å². The third-order valence-corrected chi connectivity index (χ3v) is 4.30. The highest BCUT2D eigenvalue weighted by molar-refractivity contribution is 8.00. The van der Waals surface area contributed by atoms with Gasteiger partial charge in [0.1, 0.15) is 11.3 Å². The summed E-state index contributed by atoms with van der Waals surface area (Å²) < 4.78 is 11.3. The molecule has 0 N–H and O–H groups in total. The van der Waals surface area contributed by atoms with Crippen LogP contribution < -0.4 is 4.74 Å². The second kappa shape index (κ2) is 6.02. The highest BCUT2D eigenvalue weighted by Gasteiger charge is 2.10. The van der Waals surface area contributed by atoms with Crippen LogP contribution in [-0.2, 0) is 5.75 Å². The lowest BCUT2D eigenvalue weighted by atomic mass is 10.2. The number of methoxy groups -OCH3 is 1. The van der Waals surface area contributed by atoms with E-state index in [9.17, 15) is 0 Å². The van der Waals surface area contributed by atoms with Crippen molar-refractivity contribution < 1.29 is 9.26 Å². The molecule has 0 radical (unpaired) electrons. The van der Waals surface area contributed by atoms with Crippen molar-refractivity contribution in [3.05, 3.63) is 35.7 Å². The number of hydrogen-bond donors (Lipinski definition) is 0. The van der Waals surface area contributed by atoms with Crippen molar-refractivity contribution in [2.24, 2.45) is 0 Å². The van der Waals surface area contributed by atoms with Crippen molar-refractivity contribution in [2.75, 3.05) is 7.11 Å². The Morgan fingerprint density at radius 3 is 3.15 bits per heavy atom. The standard InChI is InChI=1S/C12H10N4O2S2/c1-17-9-4-2-3-8(5-9)11-14-10(18-16-11)6-19-12-15-13-7-20-12/h2-5,7H,6H2,1H3. The van der Waals surface area contributed by atoms with Gasteiger partial charge in [0.05, 0.1) is 12.9 Å². The molecule has 0 aliphatic heterocycles. The van der Waals surface area contributed by atoms with E-state index in [2.05, 4.69) is 20.3 Å². The number of nitrogens with zero attached hydrogens (tertiary/aromatic N) is 4. The third kappa shape index (κ3) is 2.97. The second-order valence-electron chi connectivity index (χ2n) is 3.74. The van der Waals surface area contributed by atoms with Crippen molar-refractivity contribution in [1.29, 1.82) is 0 Å². The van der Waals surface area contributed by atoms with E-state index in [1.807, 2.05) is 24.3 Å². The molecule has 0 fully saturated rings. The van der Waals surface area contributed by atoms with E-state index in [1.165, 1.54) is 23.1 Å². The maximum atomic E-state index is 5.22. The highest BCUT2D eigenvalue weighted by atomic mass is 32.2. The van der Waals surface area contributed by atoms with Gasteiger partial charge in [-0.15, -0.1) is 10.2 Å². The molecule has 6 nitrogen and oxygen atoms in total. The topological polar surface area (TPSA) is 73.9 Å². The van der Waals surface area contributed by atoms with E-state index in [4.69, 9.17) is 9.26 Å². The Morgan fingerprint density at radius 2 is 2.35 bits per heavy atom. The fraction of sp³-hybridized carbons (Fsp3) is 0.167. The third-order valence-electron chi connectivity index (χ3n) is 2.46. The Labute approximate surface area is 123 Å². The zero-order valence-corrected chi connectivity index (χ0v) is 12.1. The molecule has 0 aliphatic carbocycles. The van der Waals surface area contributed by atoms with Gasteiger partial charge in [0.25, 0.3) is 0 Å². The summed E-state index contributed by atoms with van der Waals surface area (Å²) in [6, 6.07) is 7.54. The summed E-state index contributed by atoms with van der Waals surface area (Å²) in [6.45, 7) is 0. The predicted octanol–water partition coefficient (Wildman–Crippen LogP) is 2.89. The summed E-state index contributed by atoms with van der Waals surface area (Å²) in [5, 5.41) is 11.7. The van der Waals surface area contributed by atoms with E-state index >= 15 is 0 Å². The first-order valence-electron chi connectivity index (χ1n) is 5.71. The number of ether oxygens (including phenoxy) is 1. The molecule has 2 heterocycles. The van der Waals surface area contributed by atoms with Crippen LogP contribution in [0.5, 0.6) is 5.75 Å². The van der Waals surface area contributed by atoms with Crippen LogP contribution in [0.15, 0.2) is 38.6 Å². The van der Waals surface area contributed by atoms with Gasteiger partial charge in [-0.3, -0.25) is 0 Å². The summed E-state index contributed by atoms with van der Waals surface area (Å²) in [4.78, 5) is 4.36. The second-order valence-corrected chi connectivity index (χ2v) is 5.79. The molecule has 0 bridgehead atoms. The number of rotatable bonds is 5. The molecule has 1 aromatic carbocycles. The van der Waals surface area contributed by atoms with Crippen molar-refractivity contribution in [3.8, 4) is 17.1 Å². The maximum absolute atomic E-state index is 5.22. The van der Waals surface area contributed by atoms with Crippen LogP contribution in [0.4, 0.5) is 0 Å². The largest absolute Gasteiger partial charge is 0.497 e. The van der Waals surface area contributed by atoms with E-state index in [-0.39, 0.29) is 0 Å². The molecule has 2 aromatic heterocycles. The molecule has 0 atom stereocenters. The lowest BCUT2D eigenvalue weighted by molar-refractivity contribution is 0.391. The first-order chi connectivity index (χ1) is 9.85. The molecular weight excluding hydrogens is 296 g/mol. The van der Waals surface area contributed by atoms with Crippen LogP contribution in [-0.4, -0.2) is 27.4 Å². The lowest BCUT2D eigenvalue weighted by Gasteiger charge is -1.99. The number of hydrogen-bond acceptors (Lipinski definition) is 8. The molecule has 20 heavy (non-hydrogen) atoms. The highest BCUT2D eigenvalue weighted by Crippen LogP contribution is 2.25. The van der Waals surface area contributed by atoms with Crippen LogP contribution in [0.1, 0.15) is 5.89 Å². The molecule has 0 saturated carbocycles. The monoisotopic (exact) mass is 306 g/mol. The van der Waals surface area contributed by atoms with Crippen LogP contribution in [0.25, 0.3) is 11.4 Å². The molecule has 0 unspecified atom stereocenters. The summed E-state index contributed by atoms with van der Waals surface area (Å²) in [5.41, 5.74) is 2.55. The van der Waals surface area contributed by atoms with Crippen LogP contribution in [0.3, 0.4) is 0 Å². The average molecular weight is 306 g/mol. The molecular formula is C12H10N4O2S2. The molecule has 3 aromatic rings. The molecule has 0 spiro atoms. The zero-order chi connectivity index (χ0) is 13.8. The van der Waals surface area contributed by atoms with Crippen molar-refractivity contribution in [3.63, 3.8) is 0 Å². The van der Waals surface area contributed by atoms with Gasteiger partial charge in [-0.25, -0.2) is 0 Å². The van der Waals surface area contributed by atoms with Crippen molar-refractivity contribution in [1.82, 2.24) is 20.3 Å². The van der Waals surface area contributed by atoms with Crippen LogP contribution in [0, 0.1) is 0 Å². The lowest BCUT2D eigenvalue weighted by Crippen LogP contribution is -1.85. The minimum atomic E-state index is 0.553. The quantitative estimate of drug-likeness (QED) is 0.671. The van der Waals surface area contributed by atoms with Gasteiger partial charge in [-0.2, -0.15) is 4.98 Å². The zero-order valence-electron chi connectivity index (χ0n) is 10.5. The fourth-order valence-electron chi connectivity index (χ4n) is 1.54. The maximum Gasteiger partial charge on any atom is 0.237 e. The van der Waals surface area contributed by atoms with E-state index < -0.39 is 0 Å². The smallest absolute Gasteiger partial charge is 0.237 e. The molecule has 0 amide bonds. The first-order valence-corrected chi connectivity index (χ1v) is 7.57. The van der Waals surface area contributed by atoms with Gasteiger partial charge in [-0.1, -0.05) is 40.4 Å². The van der Waals surface area contributed by atoms with E-state index in [1.54, 1.807) is 12.6 Å². The summed E-state index contributed by atoms with van der Waals surface area (Å²) in [5.74, 6) is 2.45. The minimum absolute atomic E-state index is 0.553. The van der Waals surface area contributed by atoms with Gasteiger partial charge < -0.3 is 9.26 Å². The van der Waals surface area contributed by atoms with Gasteiger partial charge in [0.2, 0.25) is 11.7 Å². The SMILES string of the molecule is COc1cccc(-c2noc(CSc3nncs3)n2)c1. The van der Waals surface area contributed by atoms with Crippen LogP contribution in [0.2, 0.25) is 0 Å². The molecule has 0 aliphatic rings. The molecule has 3 rings (SSSR count). The Bertz CT molecular complexity index is 684. The van der Waals surface area contributed by atoms with E-state index in [0.717, 1.165) is 15.7 Å². The molecule has 8 heteroatoms. The minimum Gasteiger partial charge on any atom is -0.497 e. The summed E-state index contributed by atoms with van der Waals surface area (Å²) in [6.07, 6.45) is 0. The fourth-order valence-corrected chi connectivity index (χ4v) is 2.87. The normalized spacial score (nSPS) is 10.7. The van der Waals surface area contributed by atoms with Gasteiger partial charge in [-0.05, 0) is 12.1 Å². The predicted molar refractivity (Wildman–Crippen MR) is 75.8 cm³/mol. The average Bonchev–Trinajstić information content (AvgIpc) is 3.16. The summed E-state index contributed by atoms with van der Waals surface area (Å²) >= 11 is 3.00. The molecule has 102 valence electrons.